The number of nitrogens with one attached hydrogen (secondary N) is 1. The van der Waals surface area contributed by atoms with Crippen LogP contribution >= 0.6 is 15.9 Å². The molecule has 0 fully saturated rings. The zero-order valence-corrected chi connectivity index (χ0v) is 12.5. The minimum absolute atomic E-state index is 0.0752. The zero-order valence-electron chi connectivity index (χ0n) is 11.0. The van der Waals surface area contributed by atoms with Crippen LogP contribution in [-0.2, 0) is 6.42 Å². The first-order valence-electron chi connectivity index (χ1n) is 6.13. The molecule has 1 aromatic carbocycles. The van der Waals surface area contributed by atoms with Gasteiger partial charge in [0.1, 0.15) is 5.82 Å². The lowest BCUT2D eigenvalue weighted by Gasteiger charge is -2.17. The van der Waals surface area contributed by atoms with Gasteiger partial charge in [-0.15, -0.1) is 0 Å². The second kappa shape index (κ2) is 6.26. The van der Waals surface area contributed by atoms with Gasteiger partial charge in [-0.2, -0.15) is 0 Å². The van der Waals surface area contributed by atoms with Crippen molar-refractivity contribution in [2.45, 2.75) is 19.4 Å². The van der Waals surface area contributed by atoms with Crippen LogP contribution in [0.3, 0.4) is 0 Å². The Morgan fingerprint density at radius 1 is 1.32 bits per heavy atom. The van der Waals surface area contributed by atoms with Crippen molar-refractivity contribution in [1.82, 2.24) is 10.3 Å². The van der Waals surface area contributed by atoms with Gasteiger partial charge in [-0.05, 0) is 65.1 Å². The molecule has 2 nitrogen and oxygen atoms in total. The van der Waals surface area contributed by atoms with Gasteiger partial charge in [0.25, 0.3) is 0 Å². The van der Waals surface area contributed by atoms with Gasteiger partial charge in [0.15, 0.2) is 0 Å². The molecule has 0 aliphatic carbocycles. The van der Waals surface area contributed by atoms with E-state index in [1.54, 1.807) is 19.2 Å². The number of aromatic nitrogens is 1. The fourth-order valence-electron chi connectivity index (χ4n) is 2.02. The molecule has 0 spiro atoms. The molecule has 1 atom stereocenters. The summed E-state index contributed by atoms with van der Waals surface area (Å²) in [5, 5.41) is 3.22. The number of nitrogens with zero attached hydrogens (tertiary/aromatic N) is 1. The van der Waals surface area contributed by atoms with Crippen LogP contribution in [0, 0.1) is 12.7 Å². The predicted molar refractivity (Wildman–Crippen MR) is 78.6 cm³/mol. The summed E-state index contributed by atoms with van der Waals surface area (Å²) < 4.78 is 14.6. The molecule has 0 aliphatic heterocycles. The van der Waals surface area contributed by atoms with Gasteiger partial charge in [0.05, 0.1) is 0 Å². The maximum Gasteiger partial charge on any atom is 0.126 e. The average molecular weight is 323 g/mol. The molecule has 0 aliphatic rings. The molecule has 2 aromatic rings. The molecule has 1 aromatic heterocycles. The molecule has 2 rings (SSSR count). The number of pyridine rings is 1. The molecule has 0 saturated heterocycles. The summed E-state index contributed by atoms with van der Waals surface area (Å²) in [6, 6.07) is 7.48. The minimum atomic E-state index is -0.162. The third-order valence-corrected chi connectivity index (χ3v) is 3.58. The second-order valence-corrected chi connectivity index (χ2v) is 5.48. The fourth-order valence-corrected chi connectivity index (χ4v) is 2.43. The van der Waals surface area contributed by atoms with E-state index < -0.39 is 0 Å². The summed E-state index contributed by atoms with van der Waals surface area (Å²) in [5.41, 5.74) is 2.73. The predicted octanol–water partition coefficient (Wildman–Crippen LogP) is 3.79. The van der Waals surface area contributed by atoms with E-state index in [1.807, 2.05) is 31.4 Å². The summed E-state index contributed by atoms with van der Waals surface area (Å²) >= 11 is 3.41. The van der Waals surface area contributed by atoms with Crippen molar-refractivity contribution in [3.8, 4) is 0 Å². The minimum Gasteiger partial charge on any atom is -0.313 e. The van der Waals surface area contributed by atoms with E-state index in [4.69, 9.17) is 0 Å². The number of hydrogen-bond acceptors (Lipinski definition) is 2. The van der Waals surface area contributed by atoms with Crippen LogP contribution in [-0.4, -0.2) is 12.0 Å². The highest BCUT2D eigenvalue weighted by molar-refractivity contribution is 9.10. The van der Waals surface area contributed by atoms with E-state index in [9.17, 15) is 4.39 Å². The first-order valence-corrected chi connectivity index (χ1v) is 6.92. The van der Waals surface area contributed by atoms with Crippen molar-refractivity contribution in [2.75, 3.05) is 7.05 Å². The van der Waals surface area contributed by atoms with Crippen LogP contribution in [0.4, 0.5) is 4.39 Å². The van der Waals surface area contributed by atoms with Gasteiger partial charge in [0, 0.05) is 22.9 Å². The molecule has 1 N–H and O–H groups in total. The number of likely N-dealkylation sites (N-methyl/N-ethyl adjacent to an activating group) is 1. The van der Waals surface area contributed by atoms with Crippen LogP contribution in [0.1, 0.15) is 22.7 Å². The van der Waals surface area contributed by atoms with Gasteiger partial charge in [-0.25, -0.2) is 4.39 Å². The van der Waals surface area contributed by atoms with Gasteiger partial charge in [-0.3, -0.25) is 4.98 Å². The Balaban J connectivity index is 2.22. The molecule has 0 bridgehead atoms. The SMILES string of the molecule is CNC(Cc1cncc(Br)c1)c1ccc(C)c(F)c1. The topological polar surface area (TPSA) is 24.9 Å². The summed E-state index contributed by atoms with van der Waals surface area (Å²) in [4.78, 5) is 4.15. The van der Waals surface area contributed by atoms with Crippen LogP contribution in [0.5, 0.6) is 0 Å². The van der Waals surface area contributed by atoms with E-state index >= 15 is 0 Å². The maximum atomic E-state index is 13.6. The van der Waals surface area contributed by atoms with Crippen molar-refractivity contribution in [3.63, 3.8) is 0 Å². The lowest BCUT2D eigenvalue weighted by atomic mass is 9.99. The zero-order chi connectivity index (χ0) is 13.8. The lowest BCUT2D eigenvalue weighted by Crippen LogP contribution is -2.19. The maximum absolute atomic E-state index is 13.6. The molecule has 0 amide bonds. The Morgan fingerprint density at radius 3 is 2.74 bits per heavy atom. The molecule has 1 heterocycles. The molecular formula is C15H16BrFN2. The van der Waals surface area contributed by atoms with E-state index in [0.717, 1.165) is 22.0 Å². The number of halogens is 2. The van der Waals surface area contributed by atoms with Crippen molar-refractivity contribution in [1.29, 1.82) is 0 Å². The Morgan fingerprint density at radius 2 is 2.11 bits per heavy atom. The average Bonchev–Trinajstić information content (AvgIpc) is 2.39. The van der Waals surface area contributed by atoms with E-state index in [-0.39, 0.29) is 11.9 Å². The van der Waals surface area contributed by atoms with Crippen molar-refractivity contribution in [3.05, 3.63) is 63.6 Å². The van der Waals surface area contributed by atoms with Crippen LogP contribution in [0.25, 0.3) is 0 Å². The second-order valence-electron chi connectivity index (χ2n) is 4.57. The highest BCUT2D eigenvalue weighted by atomic mass is 79.9. The van der Waals surface area contributed by atoms with Gasteiger partial charge in [0.2, 0.25) is 0 Å². The highest BCUT2D eigenvalue weighted by Gasteiger charge is 2.12. The Kier molecular flexibility index (Phi) is 4.66. The summed E-state index contributed by atoms with van der Waals surface area (Å²) in [5.74, 6) is -0.162. The highest BCUT2D eigenvalue weighted by Crippen LogP contribution is 2.21. The van der Waals surface area contributed by atoms with Crippen molar-refractivity contribution in [2.24, 2.45) is 0 Å². The fraction of sp³-hybridized carbons (Fsp3) is 0.267. The van der Waals surface area contributed by atoms with E-state index in [1.165, 1.54) is 0 Å². The van der Waals surface area contributed by atoms with Gasteiger partial charge < -0.3 is 5.32 Å². The molecule has 19 heavy (non-hydrogen) atoms. The Bertz CT molecular complexity index is 572. The number of benzene rings is 1. The summed E-state index contributed by atoms with van der Waals surface area (Å²) in [6.07, 6.45) is 4.36. The summed E-state index contributed by atoms with van der Waals surface area (Å²) in [6.45, 7) is 1.77. The van der Waals surface area contributed by atoms with E-state index in [0.29, 0.717) is 5.56 Å². The third kappa shape index (κ3) is 3.61. The smallest absolute Gasteiger partial charge is 0.126 e. The molecule has 4 heteroatoms. The van der Waals surface area contributed by atoms with Crippen LogP contribution < -0.4 is 5.32 Å². The Hall–Kier alpha value is -1.26. The number of aryl methyl sites for hydroxylation is 1. The van der Waals surface area contributed by atoms with Gasteiger partial charge >= 0.3 is 0 Å². The first-order chi connectivity index (χ1) is 9.10. The lowest BCUT2D eigenvalue weighted by molar-refractivity contribution is 0.573. The molecule has 0 radical (unpaired) electrons. The molecule has 0 saturated carbocycles. The van der Waals surface area contributed by atoms with E-state index in [2.05, 4.69) is 26.2 Å². The van der Waals surface area contributed by atoms with Crippen LogP contribution in [0.2, 0.25) is 0 Å². The third-order valence-electron chi connectivity index (χ3n) is 3.15. The standard InChI is InChI=1S/C15H16BrFN2/c1-10-3-4-12(7-14(10)17)15(18-2)6-11-5-13(16)9-19-8-11/h3-5,7-9,15,18H,6H2,1-2H3. The number of hydrogen-bond donors (Lipinski definition) is 1. The molecular weight excluding hydrogens is 307 g/mol. The van der Waals surface area contributed by atoms with Crippen molar-refractivity contribution >= 4 is 15.9 Å². The largest absolute Gasteiger partial charge is 0.313 e. The normalized spacial score (nSPS) is 12.4. The monoisotopic (exact) mass is 322 g/mol. The van der Waals surface area contributed by atoms with Crippen LogP contribution in [0.15, 0.2) is 41.1 Å². The summed E-state index contributed by atoms with van der Waals surface area (Å²) in [7, 11) is 1.88. The van der Waals surface area contributed by atoms with Crippen molar-refractivity contribution < 1.29 is 4.39 Å². The number of rotatable bonds is 4. The molecule has 100 valence electrons. The molecule has 1 unspecified atom stereocenters. The first kappa shape index (κ1) is 14.2. The quantitative estimate of drug-likeness (QED) is 0.926. The van der Waals surface area contributed by atoms with Gasteiger partial charge in [-0.1, -0.05) is 12.1 Å². The Labute approximate surface area is 121 Å².